The number of halogens is 2. The van der Waals surface area contributed by atoms with E-state index in [-0.39, 0.29) is 16.3 Å². The lowest BCUT2D eigenvalue weighted by Crippen LogP contribution is -2.32. The lowest BCUT2D eigenvalue weighted by molar-refractivity contribution is -0.129. The van der Waals surface area contributed by atoms with E-state index in [1.54, 1.807) is 24.3 Å². The number of benzene rings is 2. The molecule has 2 aromatic carbocycles. The van der Waals surface area contributed by atoms with Gasteiger partial charge in [-0.3, -0.25) is 4.79 Å². The third-order valence-corrected chi connectivity index (χ3v) is 7.00. The van der Waals surface area contributed by atoms with E-state index in [1.165, 1.54) is 36.3 Å². The summed E-state index contributed by atoms with van der Waals surface area (Å²) in [5, 5.41) is 11.4. The van der Waals surface area contributed by atoms with Gasteiger partial charge in [0.25, 0.3) is 5.91 Å². The number of carbonyl (C=O) groups excluding carboxylic acids is 1. The van der Waals surface area contributed by atoms with Crippen molar-refractivity contribution in [2.24, 2.45) is 0 Å². The standard InChI is InChI=1S/C20H19Cl2NO5S/c1-28-12-2-11-23-17(13-3-5-14(21)6-4-13)19(18(24)20(23)25)29(26,27)16-9-7-15(22)8-10-16/h3-10,17,24H,2,11-12H2,1H3. The minimum absolute atomic E-state index is 0.0612. The number of aliphatic hydroxyl groups excluding tert-OH is 1. The molecule has 0 fully saturated rings. The van der Waals surface area contributed by atoms with E-state index in [1.807, 2.05) is 0 Å². The van der Waals surface area contributed by atoms with Crippen molar-refractivity contribution in [3.63, 3.8) is 0 Å². The van der Waals surface area contributed by atoms with Crippen LogP contribution in [0.3, 0.4) is 0 Å². The zero-order valence-electron chi connectivity index (χ0n) is 15.5. The Morgan fingerprint density at radius 1 is 1.03 bits per heavy atom. The average molecular weight is 456 g/mol. The molecule has 1 N–H and O–H groups in total. The largest absolute Gasteiger partial charge is 0.502 e. The number of ether oxygens (including phenoxy) is 1. The van der Waals surface area contributed by atoms with E-state index in [0.717, 1.165) is 0 Å². The minimum Gasteiger partial charge on any atom is -0.502 e. The van der Waals surface area contributed by atoms with Gasteiger partial charge >= 0.3 is 0 Å². The van der Waals surface area contributed by atoms with Gasteiger partial charge in [-0.05, 0) is 48.4 Å². The molecule has 6 nitrogen and oxygen atoms in total. The van der Waals surface area contributed by atoms with Crippen molar-refractivity contribution < 1.29 is 23.1 Å². The fraction of sp³-hybridized carbons (Fsp3) is 0.250. The molecule has 0 bridgehead atoms. The summed E-state index contributed by atoms with van der Waals surface area (Å²) in [6.45, 7) is 0.598. The van der Waals surface area contributed by atoms with Crippen molar-refractivity contribution in [2.45, 2.75) is 17.4 Å². The summed E-state index contributed by atoms with van der Waals surface area (Å²) in [4.78, 5) is 13.7. The van der Waals surface area contributed by atoms with Crippen molar-refractivity contribution in [1.82, 2.24) is 4.90 Å². The second-order valence-corrected chi connectivity index (χ2v) is 9.26. The molecular weight excluding hydrogens is 437 g/mol. The van der Waals surface area contributed by atoms with Gasteiger partial charge in [-0.2, -0.15) is 0 Å². The maximum atomic E-state index is 13.3. The number of nitrogens with zero attached hydrogens (tertiary/aromatic N) is 1. The number of amides is 1. The first-order valence-electron chi connectivity index (χ1n) is 8.76. The lowest BCUT2D eigenvalue weighted by Gasteiger charge is -2.27. The molecule has 154 valence electrons. The molecular formula is C20H19Cl2NO5S. The molecule has 1 amide bonds. The van der Waals surface area contributed by atoms with Crippen LogP contribution < -0.4 is 0 Å². The fourth-order valence-electron chi connectivity index (χ4n) is 3.23. The third kappa shape index (κ3) is 4.28. The van der Waals surface area contributed by atoms with Crippen LogP contribution in [0.5, 0.6) is 0 Å². The molecule has 2 aromatic rings. The van der Waals surface area contributed by atoms with Crippen molar-refractivity contribution >= 4 is 38.9 Å². The second kappa shape index (κ2) is 8.75. The fourth-order valence-corrected chi connectivity index (χ4v) is 5.13. The van der Waals surface area contributed by atoms with E-state index in [2.05, 4.69) is 0 Å². The highest BCUT2D eigenvalue weighted by Crippen LogP contribution is 2.42. The first-order chi connectivity index (χ1) is 13.8. The Balaban J connectivity index is 2.12. The summed E-state index contributed by atoms with van der Waals surface area (Å²) in [7, 11) is -2.63. The topological polar surface area (TPSA) is 83.9 Å². The summed E-state index contributed by atoms with van der Waals surface area (Å²) in [6.07, 6.45) is 0.480. The molecule has 0 radical (unpaired) electrons. The Hall–Kier alpha value is -2.06. The molecule has 1 aliphatic heterocycles. The van der Waals surface area contributed by atoms with E-state index >= 15 is 0 Å². The first kappa shape index (κ1) is 21.6. The third-order valence-electron chi connectivity index (χ3n) is 4.60. The Labute approximate surface area is 179 Å². The quantitative estimate of drug-likeness (QED) is 0.633. The predicted molar refractivity (Wildman–Crippen MR) is 111 cm³/mol. The van der Waals surface area contributed by atoms with Crippen LogP contribution in [0.15, 0.2) is 64.1 Å². The Morgan fingerprint density at radius 2 is 1.59 bits per heavy atom. The summed E-state index contributed by atoms with van der Waals surface area (Å²) < 4.78 is 31.7. The van der Waals surface area contributed by atoms with Crippen LogP contribution in [-0.4, -0.2) is 44.6 Å². The van der Waals surface area contributed by atoms with Crippen molar-refractivity contribution in [3.8, 4) is 0 Å². The van der Waals surface area contributed by atoms with Crippen LogP contribution >= 0.6 is 23.2 Å². The highest BCUT2D eigenvalue weighted by atomic mass is 35.5. The average Bonchev–Trinajstić information content (AvgIpc) is 2.94. The van der Waals surface area contributed by atoms with E-state index < -0.39 is 27.5 Å². The molecule has 0 aliphatic carbocycles. The molecule has 1 atom stereocenters. The van der Waals surface area contributed by atoms with Gasteiger partial charge in [0.2, 0.25) is 9.84 Å². The maximum absolute atomic E-state index is 13.3. The molecule has 9 heteroatoms. The summed E-state index contributed by atoms with van der Waals surface area (Å²) in [5.74, 6) is -1.52. The van der Waals surface area contributed by atoms with Gasteiger partial charge < -0.3 is 14.7 Å². The molecule has 3 rings (SSSR count). The molecule has 1 heterocycles. The molecule has 0 spiro atoms. The Bertz CT molecular complexity index is 1030. The highest BCUT2D eigenvalue weighted by molar-refractivity contribution is 7.95. The van der Waals surface area contributed by atoms with Gasteiger partial charge in [-0.25, -0.2) is 8.42 Å². The van der Waals surface area contributed by atoms with Crippen LogP contribution in [0.4, 0.5) is 0 Å². The summed E-state index contributed by atoms with van der Waals surface area (Å²) in [6, 6.07) is 11.1. The SMILES string of the molecule is COCCCN1C(=O)C(O)=C(S(=O)(=O)c2ccc(Cl)cc2)C1c1ccc(Cl)cc1. The monoisotopic (exact) mass is 455 g/mol. The number of aliphatic hydroxyl groups is 1. The normalized spacial score (nSPS) is 17.3. The number of carbonyl (C=O) groups is 1. The molecule has 29 heavy (non-hydrogen) atoms. The van der Waals surface area contributed by atoms with Crippen LogP contribution in [0, 0.1) is 0 Å². The number of rotatable bonds is 7. The van der Waals surface area contributed by atoms with Gasteiger partial charge in [-0.1, -0.05) is 35.3 Å². The zero-order valence-corrected chi connectivity index (χ0v) is 17.8. The van der Waals surface area contributed by atoms with Gasteiger partial charge in [-0.15, -0.1) is 0 Å². The zero-order chi connectivity index (χ0) is 21.2. The number of methoxy groups -OCH3 is 1. The second-order valence-electron chi connectivity index (χ2n) is 6.47. The van der Waals surface area contributed by atoms with Crippen molar-refractivity contribution in [3.05, 3.63) is 74.8 Å². The first-order valence-corrected chi connectivity index (χ1v) is 11.0. The van der Waals surface area contributed by atoms with Crippen LogP contribution in [0.1, 0.15) is 18.0 Å². The number of sulfone groups is 1. The molecule has 0 saturated carbocycles. The maximum Gasteiger partial charge on any atom is 0.290 e. The lowest BCUT2D eigenvalue weighted by atomic mass is 10.1. The molecule has 1 unspecified atom stereocenters. The van der Waals surface area contributed by atoms with Gasteiger partial charge in [0, 0.05) is 30.3 Å². The van der Waals surface area contributed by atoms with Crippen molar-refractivity contribution in [2.75, 3.05) is 20.3 Å². The molecule has 1 aliphatic rings. The summed E-state index contributed by atoms with van der Waals surface area (Å²) in [5.41, 5.74) is 0.525. The predicted octanol–water partition coefficient (Wildman–Crippen LogP) is 4.16. The molecule has 0 saturated heterocycles. The van der Waals surface area contributed by atoms with Gasteiger partial charge in [0.1, 0.15) is 4.91 Å². The van der Waals surface area contributed by atoms with Crippen LogP contribution in [-0.2, 0) is 19.4 Å². The van der Waals surface area contributed by atoms with E-state index in [4.69, 9.17) is 27.9 Å². The van der Waals surface area contributed by atoms with Crippen LogP contribution in [0.25, 0.3) is 0 Å². The Morgan fingerprint density at radius 3 is 2.14 bits per heavy atom. The minimum atomic E-state index is -4.16. The number of hydrogen-bond acceptors (Lipinski definition) is 5. The highest BCUT2D eigenvalue weighted by Gasteiger charge is 2.46. The van der Waals surface area contributed by atoms with Gasteiger partial charge in [0.15, 0.2) is 5.76 Å². The summed E-state index contributed by atoms with van der Waals surface area (Å²) >= 11 is 11.8. The van der Waals surface area contributed by atoms with Gasteiger partial charge in [0.05, 0.1) is 10.9 Å². The van der Waals surface area contributed by atoms with E-state index in [0.29, 0.717) is 28.6 Å². The smallest absolute Gasteiger partial charge is 0.290 e. The van der Waals surface area contributed by atoms with E-state index in [9.17, 15) is 18.3 Å². The number of hydrogen-bond donors (Lipinski definition) is 1. The molecule has 0 aromatic heterocycles. The van der Waals surface area contributed by atoms with Crippen molar-refractivity contribution in [1.29, 1.82) is 0 Å². The Kier molecular flexibility index (Phi) is 6.53. The van der Waals surface area contributed by atoms with Crippen LogP contribution in [0.2, 0.25) is 10.0 Å².